The standard InChI is InChI=1S/C8H14N2O4/c11-6-3-9-7(12)4-1-2-5(8(13)14)10(4)6/h4-7,9,11-12H,1-3H2,(H,13,14). The molecule has 0 aromatic rings. The molecule has 4 atom stereocenters. The normalized spacial score (nSPS) is 43.6. The lowest BCUT2D eigenvalue weighted by molar-refractivity contribution is -0.154. The average molecular weight is 202 g/mol. The van der Waals surface area contributed by atoms with Crippen molar-refractivity contribution in [3.05, 3.63) is 0 Å². The number of aliphatic hydroxyl groups excluding tert-OH is 2. The summed E-state index contributed by atoms with van der Waals surface area (Å²) in [5, 5.41) is 30.8. The van der Waals surface area contributed by atoms with Gasteiger partial charge >= 0.3 is 5.97 Å². The molecule has 0 spiro atoms. The Bertz CT molecular complexity index is 247. The Morgan fingerprint density at radius 2 is 2.07 bits per heavy atom. The van der Waals surface area contributed by atoms with Gasteiger partial charge in [0.25, 0.3) is 0 Å². The molecule has 0 radical (unpaired) electrons. The second-order valence-corrected chi connectivity index (χ2v) is 3.78. The monoisotopic (exact) mass is 202 g/mol. The van der Waals surface area contributed by atoms with Gasteiger partial charge in [-0.05, 0) is 12.8 Å². The number of nitrogens with one attached hydrogen (secondary N) is 1. The van der Waals surface area contributed by atoms with Crippen molar-refractivity contribution in [1.29, 1.82) is 0 Å². The minimum Gasteiger partial charge on any atom is -0.480 e. The van der Waals surface area contributed by atoms with Crippen molar-refractivity contribution in [3.63, 3.8) is 0 Å². The molecule has 80 valence electrons. The Morgan fingerprint density at radius 3 is 2.71 bits per heavy atom. The van der Waals surface area contributed by atoms with Gasteiger partial charge in [-0.2, -0.15) is 0 Å². The highest BCUT2D eigenvalue weighted by Gasteiger charge is 2.46. The lowest BCUT2D eigenvalue weighted by atomic mass is 10.1. The molecular formula is C8H14N2O4. The molecule has 6 nitrogen and oxygen atoms in total. The van der Waals surface area contributed by atoms with Gasteiger partial charge in [0.05, 0.1) is 6.04 Å². The molecule has 0 bridgehead atoms. The molecule has 0 amide bonds. The van der Waals surface area contributed by atoms with E-state index < -0.39 is 24.5 Å². The fraction of sp³-hybridized carbons (Fsp3) is 0.875. The molecule has 0 aromatic heterocycles. The van der Waals surface area contributed by atoms with Crippen LogP contribution in [-0.4, -0.2) is 57.3 Å². The number of fused-ring (bicyclic) bond motifs is 1. The molecule has 4 unspecified atom stereocenters. The van der Waals surface area contributed by atoms with Crippen molar-refractivity contribution in [2.45, 2.75) is 37.4 Å². The fourth-order valence-electron chi connectivity index (χ4n) is 2.33. The van der Waals surface area contributed by atoms with Crippen molar-refractivity contribution in [1.82, 2.24) is 10.2 Å². The highest BCUT2D eigenvalue weighted by molar-refractivity contribution is 5.74. The van der Waals surface area contributed by atoms with Crippen LogP contribution in [0.25, 0.3) is 0 Å². The Balaban J connectivity index is 2.17. The zero-order chi connectivity index (χ0) is 10.3. The predicted octanol–water partition coefficient (Wildman–Crippen LogP) is -1.86. The first-order valence-electron chi connectivity index (χ1n) is 4.71. The van der Waals surface area contributed by atoms with Crippen molar-refractivity contribution in [2.24, 2.45) is 0 Å². The first kappa shape index (κ1) is 9.85. The van der Waals surface area contributed by atoms with Crippen LogP contribution in [0.1, 0.15) is 12.8 Å². The Morgan fingerprint density at radius 1 is 1.36 bits per heavy atom. The van der Waals surface area contributed by atoms with Crippen LogP contribution in [0.15, 0.2) is 0 Å². The number of aliphatic carboxylic acids is 1. The topological polar surface area (TPSA) is 93.0 Å². The van der Waals surface area contributed by atoms with E-state index in [1.54, 1.807) is 0 Å². The van der Waals surface area contributed by atoms with Crippen LogP contribution in [0, 0.1) is 0 Å². The number of aliphatic hydroxyl groups is 2. The molecule has 2 aliphatic rings. The molecule has 2 heterocycles. The van der Waals surface area contributed by atoms with E-state index in [2.05, 4.69) is 5.32 Å². The van der Waals surface area contributed by atoms with E-state index in [9.17, 15) is 15.0 Å². The maximum absolute atomic E-state index is 10.9. The number of β-amino-alcohol motifs (C(OH)–C–C–N with tert-alkyl or cyclic N) is 1. The number of nitrogens with zero attached hydrogens (tertiary/aromatic N) is 1. The number of rotatable bonds is 1. The van der Waals surface area contributed by atoms with Gasteiger partial charge in [0.1, 0.15) is 18.5 Å². The lowest BCUT2D eigenvalue weighted by Gasteiger charge is -2.40. The largest absolute Gasteiger partial charge is 0.480 e. The van der Waals surface area contributed by atoms with Crippen LogP contribution in [0.4, 0.5) is 0 Å². The lowest BCUT2D eigenvalue weighted by Crippen LogP contribution is -2.63. The van der Waals surface area contributed by atoms with Gasteiger partial charge in [-0.15, -0.1) is 0 Å². The van der Waals surface area contributed by atoms with Crippen LogP contribution in [-0.2, 0) is 4.79 Å². The third-order valence-electron chi connectivity index (χ3n) is 2.98. The third-order valence-corrected chi connectivity index (χ3v) is 2.98. The van der Waals surface area contributed by atoms with Gasteiger partial charge in [-0.1, -0.05) is 0 Å². The number of carbonyl (C=O) groups is 1. The second-order valence-electron chi connectivity index (χ2n) is 3.78. The van der Waals surface area contributed by atoms with Gasteiger partial charge in [0, 0.05) is 6.54 Å². The molecule has 2 saturated heterocycles. The predicted molar refractivity (Wildman–Crippen MR) is 46.3 cm³/mol. The molecule has 0 aromatic carbocycles. The minimum absolute atomic E-state index is 0.210. The zero-order valence-corrected chi connectivity index (χ0v) is 7.63. The molecule has 2 rings (SSSR count). The quantitative estimate of drug-likeness (QED) is 0.398. The van der Waals surface area contributed by atoms with Gasteiger partial charge < -0.3 is 15.3 Å². The van der Waals surface area contributed by atoms with Crippen LogP contribution in [0.2, 0.25) is 0 Å². The van der Waals surface area contributed by atoms with Crippen molar-refractivity contribution < 1.29 is 20.1 Å². The molecule has 0 saturated carbocycles. The van der Waals surface area contributed by atoms with Crippen molar-refractivity contribution in [2.75, 3.05) is 6.54 Å². The summed E-state index contributed by atoms with van der Waals surface area (Å²) < 4.78 is 0. The second kappa shape index (κ2) is 3.47. The molecule has 0 aliphatic carbocycles. The van der Waals surface area contributed by atoms with E-state index in [0.29, 0.717) is 12.8 Å². The summed E-state index contributed by atoms with van der Waals surface area (Å²) in [5.74, 6) is -0.930. The molecular weight excluding hydrogens is 188 g/mol. The minimum atomic E-state index is -0.930. The summed E-state index contributed by atoms with van der Waals surface area (Å²) in [4.78, 5) is 12.3. The number of hydrogen-bond donors (Lipinski definition) is 4. The molecule has 14 heavy (non-hydrogen) atoms. The highest BCUT2D eigenvalue weighted by Crippen LogP contribution is 2.29. The SMILES string of the molecule is O=C(O)C1CCC2C(O)NCC(O)N12. The summed E-state index contributed by atoms with van der Waals surface area (Å²) in [6, 6.07) is -0.938. The maximum Gasteiger partial charge on any atom is 0.321 e. The fourth-order valence-corrected chi connectivity index (χ4v) is 2.33. The first-order valence-corrected chi connectivity index (χ1v) is 4.71. The summed E-state index contributed by atoms with van der Waals surface area (Å²) in [6.07, 6.45) is -0.465. The smallest absolute Gasteiger partial charge is 0.321 e. The summed E-state index contributed by atoms with van der Waals surface area (Å²) in [6.45, 7) is 0.210. The number of hydrogen-bond acceptors (Lipinski definition) is 5. The van der Waals surface area contributed by atoms with E-state index in [1.165, 1.54) is 4.90 Å². The van der Waals surface area contributed by atoms with E-state index in [-0.39, 0.29) is 12.6 Å². The van der Waals surface area contributed by atoms with Crippen LogP contribution < -0.4 is 5.32 Å². The average Bonchev–Trinajstić information content (AvgIpc) is 2.56. The molecule has 6 heteroatoms. The summed E-state index contributed by atoms with van der Waals surface area (Å²) in [7, 11) is 0. The number of carboxylic acids is 1. The maximum atomic E-state index is 10.9. The third kappa shape index (κ3) is 1.40. The van der Waals surface area contributed by atoms with E-state index >= 15 is 0 Å². The van der Waals surface area contributed by atoms with Gasteiger partial charge in [0.2, 0.25) is 0 Å². The Hall–Kier alpha value is -0.690. The molecule has 4 N–H and O–H groups in total. The van der Waals surface area contributed by atoms with E-state index in [0.717, 1.165) is 0 Å². The van der Waals surface area contributed by atoms with Gasteiger partial charge in [0.15, 0.2) is 0 Å². The molecule has 2 aliphatic heterocycles. The number of piperazine rings is 1. The van der Waals surface area contributed by atoms with Gasteiger partial charge in [-0.3, -0.25) is 15.0 Å². The van der Waals surface area contributed by atoms with Crippen molar-refractivity contribution >= 4 is 5.97 Å². The van der Waals surface area contributed by atoms with E-state index in [1.807, 2.05) is 0 Å². The Kier molecular flexibility index (Phi) is 2.44. The summed E-state index contributed by atoms with van der Waals surface area (Å²) in [5.41, 5.74) is 0. The summed E-state index contributed by atoms with van der Waals surface area (Å²) >= 11 is 0. The van der Waals surface area contributed by atoms with Gasteiger partial charge in [-0.25, -0.2) is 0 Å². The van der Waals surface area contributed by atoms with Crippen LogP contribution >= 0.6 is 0 Å². The first-order chi connectivity index (χ1) is 6.61. The van der Waals surface area contributed by atoms with Crippen LogP contribution in [0.5, 0.6) is 0 Å². The Labute approximate surface area is 81.1 Å². The zero-order valence-electron chi connectivity index (χ0n) is 7.63. The highest BCUT2D eigenvalue weighted by atomic mass is 16.4. The van der Waals surface area contributed by atoms with Crippen LogP contribution in [0.3, 0.4) is 0 Å². The molecule has 2 fully saturated rings. The number of carboxylic acid groups (broad SMARTS) is 1. The van der Waals surface area contributed by atoms with Crippen molar-refractivity contribution in [3.8, 4) is 0 Å². The van der Waals surface area contributed by atoms with E-state index in [4.69, 9.17) is 5.11 Å².